The summed E-state index contributed by atoms with van der Waals surface area (Å²) in [6.07, 6.45) is 7.02. The molecule has 0 radical (unpaired) electrons. The van der Waals surface area contributed by atoms with E-state index in [9.17, 15) is 0 Å². The average Bonchev–Trinajstić information content (AvgIpc) is 2.39. The van der Waals surface area contributed by atoms with Crippen molar-refractivity contribution in [3.05, 3.63) is 33.3 Å². The second kappa shape index (κ2) is 7.66. The first-order valence-corrected chi connectivity index (χ1v) is 8.47. The molecule has 2 rings (SSSR count). The molecule has 19 heavy (non-hydrogen) atoms. The predicted molar refractivity (Wildman–Crippen MR) is 86.6 cm³/mol. The van der Waals surface area contributed by atoms with Gasteiger partial charge in [0.1, 0.15) is 0 Å². The fourth-order valence-corrected chi connectivity index (χ4v) is 3.46. The van der Waals surface area contributed by atoms with Crippen LogP contribution in [0.15, 0.2) is 22.7 Å². The van der Waals surface area contributed by atoms with Gasteiger partial charge >= 0.3 is 0 Å². The van der Waals surface area contributed by atoms with E-state index in [1.165, 1.54) is 37.7 Å². The van der Waals surface area contributed by atoms with Crippen molar-refractivity contribution in [3.8, 4) is 0 Å². The molecule has 3 heteroatoms. The van der Waals surface area contributed by atoms with Crippen molar-refractivity contribution in [1.29, 1.82) is 0 Å². The van der Waals surface area contributed by atoms with E-state index in [2.05, 4.69) is 34.2 Å². The third-order valence-electron chi connectivity index (χ3n) is 4.09. The molecule has 1 N–H and O–H groups in total. The van der Waals surface area contributed by atoms with Crippen molar-refractivity contribution in [2.24, 2.45) is 11.8 Å². The summed E-state index contributed by atoms with van der Waals surface area (Å²) in [5.74, 6) is 1.87. The molecule has 1 aromatic carbocycles. The van der Waals surface area contributed by atoms with Gasteiger partial charge in [0.15, 0.2) is 0 Å². The molecular weight excluding hydrogens is 322 g/mol. The zero-order chi connectivity index (χ0) is 13.7. The molecule has 1 fully saturated rings. The topological polar surface area (TPSA) is 12.0 Å². The Hall–Kier alpha value is -0.0500. The number of hydrogen-bond acceptors (Lipinski definition) is 1. The van der Waals surface area contributed by atoms with Crippen LogP contribution in [-0.4, -0.2) is 6.54 Å². The Kier molecular flexibility index (Phi) is 6.18. The van der Waals surface area contributed by atoms with Crippen molar-refractivity contribution in [3.63, 3.8) is 0 Å². The van der Waals surface area contributed by atoms with Crippen LogP contribution in [0.4, 0.5) is 0 Å². The second-order valence-electron chi connectivity index (χ2n) is 5.85. The van der Waals surface area contributed by atoms with E-state index in [-0.39, 0.29) is 0 Å². The minimum atomic E-state index is 0.792. The molecule has 1 aromatic rings. The van der Waals surface area contributed by atoms with E-state index < -0.39 is 0 Å². The van der Waals surface area contributed by atoms with Gasteiger partial charge in [-0.3, -0.25) is 0 Å². The lowest BCUT2D eigenvalue weighted by atomic mass is 9.81. The van der Waals surface area contributed by atoms with Crippen LogP contribution in [0.3, 0.4) is 0 Å². The summed E-state index contributed by atoms with van der Waals surface area (Å²) in [5, 5.41) is 4.33. The molecule has 0 heterocycles. The summed E-state index contributed by atoms with van der Waals surface area (Å²) in [6, 6.07) is 6.16. The Morgan fingerprint density at radius 1 is 1.37 bits per heavy atom. The smallest absolute Gasteiger partial charge is 0.0551 e. The standard InChI is InChI=1S/C16H23BrClN/c1-12-3-2-4-13(9-12)7-8-19-11-14-5-6-15(17)16(18)10-14/h5-6,10,12-13,19H,2-4,7-9,11H2,1H3. The molecule has 0 amide bonds. The zero-order valence-electron chi connectivity index (χ0n) is 11.6. The fourth-order valence-electron chi connectivity index (χ4n) is 3.01. The monoisotopic (exact) mass is 343 g/mol. The molecule has 0 aliphatic heterocycles. The van der Waals surface area contributed by atoms with Gasteiger partial charge in [0, 0.05) is 11.0 Å². The van der Waals surface area contributed by atoms with Crippen LogP contribution in [0.25, 0.3) is 0 Å². The fraction of sp³-hybridized carbons (Fsp3) is 0.625. The summed E-state index contributed by atoms with van der Waals surface area (Å²) in [6.45, 7) is 4.42. The lowest BCUT2D eigenvalue weighted by molar-refractivity contribution is 0.267. The van der Waals surface area contributed by atoms with Gasteiger partial charge in [0.25, 0.3) is 0 Å². The molecular formula is C16H23BrClN. The first-order valence-electron chi connectivity index (χ1n) is 7.30. The van der Waals surface area contributed by atoms with E-state index in [0.717, 1.165) is 34.4 Å². The van der Waals surface area contributed by atoms with Crippen LogP contribution in [0.2, 0.25) is 5.02 Å². The van der Waals surface area contributed by atoms with Gasteiger partial charge in [-0.2, -0.15) is 0 Å². The Bertz CT molecular complexity index is 408. The second-order valence-corrected chi connectivity index (χ2v) is 7.11. The maximum atomic E-state index is 6.09. The molecule has 1 aliphatic carbocycles. The van der Waals surface area contributed by atoms with E-state index in [4.69, 9.17) is 11.6 Å². The van der Waals surface area contributed by atoms with Gasteiger partial charge < -0.3 is 5.32 Å². The van der Waals surface area contributed by atoms with E-state index in [1.54, 1.807) is 0 Å². The molecule has 0 spiro atoms. The van der Waals surface area contributed by atoms with Crippen molar-refractivity contribution >= 4 is 27.5 Å². The van der Waals surface area contributed by atoms with Gasteiger partial charge in [0.05, 0.1) is 5.02 Å². The first-order chi connectivity index (χ1) is 9.15. The van der Waals surface area contributed by atoms with Crippen molar-refractivity contribution in [2.45, 2.75) is 45.6 Å². The Morgan fingerprint density at radius 3 is 2.95 bits per heavy atom. The normalized spacial score (nSPS) is 23.5. The summed E-state index contributed by atoms with van der Waals surface area (Å²) >= 11 is 9.51. The number of hydrogen-bond donors (Lipinski definition) is 1. The molecule has 0 saturated heterocycles. The molecule has 1 saturated carbocycles. The van der Waals surface area contributed by atoms with Gasteiger partial charge in [-0.05, 0) is 64.8 Å². The van der Waals surface area contributed by atoms with Crippen LogP contribution < -0.4 is 5.32 Å². The number of rotatable bonds is 5. The lowest BCUT2D eigenvalue weighted by Gasteiger charge is -2.26. The summed E-state index contributed by atoms with van der Waals surface area (Å²) in [4.78, 5) is 0. The van der Waals surface area contributed by atoms with Crippen LogP contribution in [0.5, 0.6) is 0 Å². The number of halogens is 2. The molecule has 1 nitrogen and oxygen atoms in total. The molecule has 2 atom stereocenters. The molecule has 106 valence electrons. The first kappa shape index (κ1) is 15.3. The summed E-state index contributed by atoms with van der Waals surface area (Å²) in [5.41, 5.74) is 1.25. The molecule has 1 aliphatic rings. The maximum Gasteiger partial charge on any atom is 0.0551 e. The van der Waals surface area contributed by atoms with Crippen molar-refractivity contribution in [1.82, 2.24) is 5.32 Å². The van der Waals surface area contributed by atoms with Crippen molar-refractivity contribution < 1.29 is 0 Å². The Labute approximate surface area is 130 Å². The van der Waals surface area contributed by atoms with E-state index in [0.29, 0.717) is 0 Å². The van der Waals surface area contributed by atoms with E-state index >= 15 is 0 Å². The van der Waals surface area contributed by atoms with Gasteiger partial charge in [-0.25, -0.2) is 0 Å². The highest BCUT2D eigenvalue weighted by atomic mass is 79.9. The van der Waals surface area contributed by atoms with Crippen LogP contribution in [0, 0.1) is 11.8 Å². The highest BCUT2D eigenvalue weighted by molar-refractivity contribution is 9.10. The van der Waals surface area contributed by atoms with Gasteiger partial charge in [-0.15, -0.1) is 0 Å². The van der Waals surface area contributed by atoms with Crippen LogP contribution in [-0.2, 0) is 6.54 Å². The predicted octanol–water partition coefficient (Wildman–Crippen LogP) is 5.41. The average molecular weight is 345 g/mol. The maximum absolute atomic E-state index is 6.09. The minimum Gasteiger partial charge on any atom is -0.313 e. The quantitative estimate of drug-likeness (QED) is 0.704. The van der Waals surface area contributed by atoms with E-state index in [1.807, 2.05) is 12.1 Å². The molecule has 0 aromatic heterocycles. The van der Waals surface area contributed by atoms with Crippen LogP contribution >= 0.6 is 27.5 Å². The third kappa shape index (κ3) is 5.09. The Morgan fingerprint density at radius 2 is 2.21 bits per heavy atom. The van der Waals surface area contributed by atoms with Crippen LogP contribution in [0.1, 0.15) is 44.6 Å². The minimum absolute atomic E-state index is 0.792. The number of nitrogens with one attached hydrogen (secondary N) is 1. The largest absolute Gasteiger partial charge is 0.313 e. The third-order valence-corrected chi connectivity index (χ3v) is 5.32. The van der Waals surface area contributed by atoms with Crippen molar-refractivity contribution in [2.75, 3.05) is 6.54 Å². The SMILES string of the molecule is CC1CCCC(CCNCc2ccc(Br)c(Cl)c2)C1. The summed E-state index contributed by atoms with van der Waals surface area (Å²) in [7, 11) is 0. The zero-order valence-corrected chi connectivity index (χ0v) is 13.9. The van der Waals surface area contributed by atoms with Gasteiger partial charge in [0.2, 0.25) is 0 Å². The highest BCUT2D eigenvalue weighted by Crippen LogP contribution is 2.30. The molecule has 2 unspecified atom stereocenters. The Balaban J connectivity index is 1.67. The molecule has 0 bridgehead atoms. The van der Waals surface area contributed by atoms with Gasteiger partial charge in [-0.1, -0.05) is 43.9 Å². The highest BCUT2D eigenvalue weighted by Gasteiger charge is 2.17. The number of benzene rings is 1. The lowest BCUT2D eigenvalue weighted by Crippen LogP contribution is -2.21. The summed E-state index contributed by atoms with van der Waals surface area (Å²) < 4.78 is 0.967.